The lowest BCUT2D eigenvalue weighted by atomic mass is 9.88. The highest BCUT2D eigenvalue weighted by Crippen LogP contribution is 2.33. The van der Waals surface area contributed by atoms with Crippen LogP contribution in [-0.2, 0) is 0 Å². The molecule has 1 fully saturated rings. The number of aromatic amines is 1. The monoisotopic (exact) mass is 244 g/mol. The van der Waals surface area contributed by atoms with Gasteiger partial charge in [0.2, 0.25) is 0 Å². The van der Waals surface area contributed by atoms with Gasteiger partial charge < -0.3 is 15.4 Å². The largest absolute Gasteiger partial charge is 0.388 e. The van der Waals surface area contributed by atoms with E-state index in [-0.39, 0.29) is 6.10 Å². The number of nitrogens with one attached hydrogen (secondary N) is 2. The van der Waals surface area contributed by atoms with Crippen LogP contribution in [0.25, 0.3) is 10.9 Å². The zero-order chi connectivity index (χ0) is 12.5. The van der Waals surface area contributed by atoms with Gasteiger partial charge in [-0.3, -0.25) is 0 Å². The first-order valence-corrected chi connectivity index (χ1v) is 6.72. The minimum atomic E-state index is -0.345. The summed E-state index contributed by atoms with van der Waals surface area (Å²) >= 11 is 0. The standard InChI is InChI=1S/C15H20N2O/c1-10-2-3-14-12(8-10)13(9-17-14)15(18)11-4-6-16-7-5-11/h2-3,8-9,11,15-18H,4-7H2,1H3. The topological polar surface area (TPSA) is 48.0 Å². The first kappa shape index (κ1) is 11.8. The highest BCUT2D eigenvalue weighted by Gasteiger charge is 2.24. The molecule has 1 aliphatic heterocycles. The summed E-state index contributed by atoms with van der Waals surface area (Å²) in [6.45, 7) is 4.12. The Morgan fingerprint density at radius 1 is 1.28 bits per heavy atom. The second kappa shape index (κ2) is 4.75. The van der Waals surface area contributed by atoms with E-state index in [0.29, 0.717) is 5.92 Å². The molecule has 0 aliphatic carbocycles. The van der Waals surface area contributed by atoms with Crippen molar-refractivity contribution in [3.63, 3.8) is 0 Å². The molecule has 18 heavy (non-hydrogen) atoms. The Balaban J connectivity index is 1.95. The number of benzene rings is 1. The van der Waals surface area contributed by atoms with Gasteiger partial charge in [-0.1, -0.05) is 11.6 Å². The van der Waals surface area contributed by atoms with Gasteiger partial charge in [0, 0.05) is 22.7 Å². The molecule has 2 heterocycles. The number of aliphatic hydroxyl groups is 1. The van der Waals surface area contributed by atoms with Crippen molar-refractivity contribution in [2.24, 2.45) is 5.92 Å². The number of rotatable bonds is 2. The summed E-state index contributed by atoms with van der Waals surface area (Å²) in [7, 11) is 0. The predicted octanol–water partition coefficient (Wildman–Crippen LogP) is 2.51. The first-order chi connectivity index (χ1) is 8.75. The molecule has 0 saturated carbocycles. The van der Waals surface area contributed by atoms with E-state index in [1.807, 2.05) is 6.20 Å². The van der Waals surface area contributed by atoms with E-state index >= 15 is 0 Å². The van der Waals surface area contributed by atoms with Crippen molar-refractivity contribution < 1.29 is 5.11 Å². The van der Waals surface area contributed by atoms with E-state index in [1.54, 1.807) is 0 Å². The molecule has 2 aromatic rings. The van der Waals surface area contributed by atoms with Gasteiger partial charge in [0.25, 0.3) is 0 Å². The van der Waals surface area contributed by atoms with E-state index in [1.165, 1.54) is 10.9 Å². The number of aliphatic hydroxyl groups excluding tert-OH is 1. The van der Waals surface area contributed by atoms with Crippen LogP contribution in [0.4, 0.5) is 0 Å². The van der Waals surface area contributed by atoms with Crippen molar-refractivity contribution in [1.29, 1.82) is 0 Å². The third-order valence-corrected chi connectivity index (χ3v) is 4.02. The second-order valence-electron chi connectivity index (χ2n) is 5.33. The zero-order valence-electron chi connectivity index (χ0n) is 10.7. The van der Waals surface area contributed by atoms with Crippen LogP contribution >= 0.6 is 0 Å². The summed E-state index contributed by atoms with van der Waals surface area (Å²) in [6.07, 6.45) is 3.73. The molecule has 3 N–H and O–H groups in total. The average Bonchev–Trinajstić information content (AvgIpc) is 2.82. The molecule has 3 rings (SSSR count). The van der Waals surface area contributed by atoms with Crippen molar-refractivity contribution in [2.75, 3.05) is 13.1 Å². The van der Waals surface area contributed by atoms with Crippen LogP contribution in [0.3, 0.4) is 0 Å². The molecular formula is C15H20N2O. The third kappa shape index (κ3) is 2.04. The number of aromatic nitrogens is 1. The molecule has 1 saturated heterocycles. The number of hydrogen-bond acceptors (Lipinski definition) is 2. The molecule has 0 amide bonds. The molecule has 3 nitrogen and oxygen atoms in total. The summed E-state index contributed by atoms with van der Waals surface area (Å²) < 4.78 is 0. The van der Waals surface area contributed by atoms with Gasteiger partial charge >= 0.3 is 0 Å². The summed E-state index contributed by atoms with van der Waals surface area (Å²) in [4.78, 5) is 3.26. The Morgan fingerprint density at radius 3 is 2.83 bits per heavy atom. The fourth-order valence-corrected chi connectivity index (χ4v) is 2.91. The van der Waals surface area contributed by atoms with Crippen LogP contribution < -0.4 is 5.32 Å². The Morgan fingerprint density at radius 2 is 2.06 bits per heavy atom. The lowest BCUT2D eigenvalue weighted by molar-refractivity contribution is 0.0902. The maximum absolute atomic E-state index is 10.6. The number of H-pyrrole nitrogens is 1. The smallest absolute Gasteiger partial charge is 0.0839 e. The van der Waals surface area contributed by atoms with Crippen molar-refractivity contribution in [3.8, 4) is 0 Å². The molecule has 1 aromatic carbocycles. The van der Waals surface area contributed by atoms with E-state index < -0.39 is 0 Å². The number of piperidine rings is 1. The van der Waals surface area contributed by atoms with Crippen LogP contribution in [0, 0.1) is 12.8 Å². The minimum Gasteiger partial charge on any atom is -0.388 e. The van der Waals surface area contributed by atoms with Crippen LogP contribution in [0.2, 0.25) is 0 Å². The van der Waals surface area contributed by atoms with Gasteiger partial charge in [0.05, 0.1) is 6.10 Å². The molecule has 0 bridgehead atoms. The highest BCUT2D eigenvalue weighted by molar-refractivity contribution is 5.84. The van der Waals surface area contributed by atoms with Gasteiger partial charge in [-0.05, 0) is 50.9 Å². The summed E-state index contributed by atoms with van der Waals surface area (Å²) in [6, 6.07) is 6.34. The summed E-state index contributed by atoms with van der Waals surface area (Å²) in [5.74, 6) is 0.380. The van der Waals surface area contributed by atoms with E-state index in [2.05, 4.69) is 35.4 Å². The first-order valence-electron chi connectivity index (χ1n) is 6.72. The van der Waals surface area contributed by atoms with Crippen molar-refractivity contribution in [2.45, 2.75) is 25.9 Å². The Kier molecular flexibility index (Phi) is 3.10. The van der Waals surface area contributed by atoms with Gasteiger partial charge in [0.1, 0.15) is 0 Å². The van der Waals surface area contributed by atoms with Crippen LogP contribution in [-0.4, -0.2) is 23.2 Å². The lowest BCUT2D eigenvalue weighted by Crippen LogP contribution is -2.30. The molecule has 0 spiro atoms. The maximum atomic E-state index is 10.6. The van der Waals surface area contributed by atoms with Crippen molar-refractivity contribution >= 4 is 10.9 Å². The van der Waals surface area contributed by atoms with E-state index in [0.717, 1.165) is 37.0 Å². The molecule has 3 heteroatoms. The number of fused-ring (bicyclic) bond motifs is 1. The second-order valence-corrected chi connectivity index (χ2v) is 5.33. The van der Waals surface area contributed by atoms with Crippen LogP contribution in [0.1, 0.15) is 30.1 Å². The Bertz CT molecular complexity index is 540. The predicted molar refractivity (Wildman–Crippen MR) is 73.6 cm³/mol. The fourth-order valence-electron chi connectivity index (χ4n) is 2.91. The molecular weight excluding hydrogens is 224 g/mol. The van der Waals surface area contributed by atoms with Gasteiger partial charge in [0.15, 0.2) is 0 Å². The number of aryl methyl sites for hydroxylation is 1. The zero-order valence-corrected chi connectivity index (χ0v) is 10.7. The highest BCUT2D eigenvalue weighted by atomic mass is 16.3. The Labute approximate surface area is 107 Å². The quantitative estimate of drug-likeness (QED) is 0.760. The normalized spacial score (nSPS) is 19.2. The fraction of sp³-hybridized carbons (Fsp3) is 0.467. The maximum Gasteiger partial charge on any atom is 0.0839 e. The SMILES string of the molecule is Cc1ccc2[nH]cc(C(O)C3CCNCC3)c2c1. The van der Waals surface area contributed by atoms with Gasteiger partial charge in [-0.25, -0.2) is 0 Å². The van der Waals surface area contributed by atoms with Gasteiger partial charge in [-0.2, -0.15) is 0 Å². The molecule has 1 aromatic heterocycles. The molecule has 1 unspecified atom stereocenters. The van der Waals surface area contributed by atoms with Crippen molar-refractivity contribution in [1.82, 2.24) is 10.3 Å². The number of hydrogen-bond donors (Lipinski definition) is 3. The van der Waals surface area contributed by atoms with Crippen LogP contribution in [0.5, 0.6) is 0 Å². The van der Waals surface area contributed by atoms with E-state index in [4.69, 9.17) is 0 Å². The average molecular weight is 244 g/mol. The van der Waals surface area contributed by atoms with Crippen LogP contribution in [0.15, 0.2) is 24.4 Å². The molecule has 0 radical (unpaired) electrons. The van der Waals surface area contributed by atoms with E-state index in [9.17, 15) is 5.11 Å². The molecule has 1 aliphatic rings. The lowest BCUT2D eigenvalue weighted by Gasteiger charge is -2.27. The molecule has 96 valence electrons. The summed E-state index contributed by atoms with van der Waals surface area (Å²) in [5.41, 5.74) is 3.41. The molecule has 1 atom stereocenters. The minimum absolute atomic E-state index is 0.345. The summed E-state index contributed by atoms with van der Waals surface area (Å²) in [5, 5.41) is 15.1. The van der Waals surface area contributed by atoms with Crippen molar-refractivity contribution in [3.05, 3.63) is 35.5 Å². The van der Waals surface area contributed by atoms with Gasteiger partial charge in [-0.15, -0.1) is 0 Å². The Hall–Kier alpha value is -1.32. The third-order valence-electron chi connectivity index (χ3n) is 4.02.